The van der Waals surface area contributed by atoms with Gasteiger partial charge in [-0.3, -0.25) is 10.1 Å². The van der Waals surface area contributed by atoms with Gasteiger partial charge in [-0.1, -0.05) is 23.4 Å². The highest BCUT2D eigenvalue weighted by Gasteiger charge is 2.15. The maximum absolute atomic E-state index is 11.0. The summed E-state index contributed by atoms with van der Waals surface area (Å²) in [7, 11) is 1.56. The maximum atomic E-state index is 11.0. The molecule has 0 spiro atoms. The molecule has 0 atom stereocenters. The van der Waals surface area contributed by atoms with E-state index in [-0.39, 0.29) is 12.1 Å². The Kier molecular flexibility index (Phi) is 4.50. The van der Waals surface area contributed by atoms with Crippen molar-refractivity contribution >= 4 is 11.4 Å². The molecule has 6 nitrogen and oxygen atoms in total. The van der Waals surface area contributed by atoms with Crippen LogP contribution in [0.3, 0.4) is 0 Å². The Labute approximate surface area is 121 Å². The van der Waals surface area contributed by atoms with Gasteiger partial charge in [0.25, 0.3) is 5.69 Å². The van der Waals surface area contributed by atoms with Crippen molar-refractivity contribution in [2.24, 2.45) is 5.16 Å². The van der Waals surface area contributed by atoms with E-state index in [1.54, 1.807) is 49.6 Å². The van der Waals surface area contributed by atoms with Gasteiger partial charge in [0, 0.05) is 18.1 Å². The summed E-state index contributed by atoms with van der Waals surface area (Å²) in [5.41, 5.74) is 1.53. The lowest BCUT2D eigenvalue weighted by molar-refractivity contribution is -0.385. The Morgan fingerprint density at radius 1 is 1.24 bits per heavy atom. The summed E-state index contributed by atoms with van der Waals surface area (Å²) < 4.78 is 5.06. The smallest absolute Gasteiger partial charge is 0.272 e. The standard InChI is InChI=1S/C15H14N2O4/c1-21-13-8-6-11(7-9-13)14(16-18)10-12-4-2-3-5-15(12)17(19)20/h2-9,18H,10H2,1H3/b16-14+. The van der Waals surface area contributed by atoms with Crippen LogP contribution in [0.15, 0.2) is 53.7 Å². The molecular weight excluding hydrogens is 272 g/mol. The van der Waals surface area contributed by atoms with Crippen LogP contribution in [0.25, 0.3) is 0 Å². The van der Waals surface area contributed by atoms with Crippen LogP contribution in [0.5, 0.6) is 5.75 Å². The average molecular weight is 286 g/mol. The van der Waals surface area contributed by atoms with E-state index < -0.39 is 4.92 Å². The number of para-hydroxylation sites is 1. The first kappa shape index (κ1) is 14.5. The Morgan fingerprint density at radius 2 is 1.90 bits per heavy atom. The van der Waals surface area contributed by atoms with Gasteiger partial charge < -0.3 is 9.94 Å². The highest BCUT2D eigenvalue weighted by atomic mass is 16.6. The maximum Gasteiger partial charge on any atom is 0.272 e. The van der Waals surface area contributed by atoms with Gasteiger partial charge in [0.1, 0.15) is 5.75 Å². The first-order valence-electron chi connectivity index (χ1n) is 6.23. The monoisotopic (exact) mass is 286 g/mol. The second-order valence-corrected chi connectivity index (χ2v) is 4.34. The van der Waals surface area contributed by atoms with Crippen LogP contribution < -0.4 is 4.74 Å². The fourth-order valence-electron chi connectivity index (χ4n) is 2.00. The molecule has 0 saturated heterocycles. The van der Waals surface area contributed by atoms with Crippen LogP contribution in [0.2, 0.25) is 0 Å². The summed E-state index contributed by atoms with van der Waals surface area (Å²) >= 11 is 0. The highest BCUT2D eigenvalue weighted by molar-refractivity contribution is 6.02. The number of methoxy groups -OCH3 is 1. The molecule has 2 rings (SSSR count). The van der Waals surface area contributed by atoms with Crippen molar-refractivity contribution in [3.63, 3.8) is 0 Å². The molecule has 6 heteroatoms. The average Bonchev–Trinajstić information content (AvgIpc) is 2.53. The number of benzene rings is 2. The van der Waals surface area contributed by atoms with E-state index in [4.69, 9.17) is 4.74 Å². The minimum absolute atomic E-state index is 0.00663. The molecular formula is C15H14N2O4. The molecule has 1 N–H and O–H groups in total. The summed E-state index contributed by atoms with van der Waals surface area (Å²) in [5, 5.41) is 23.4. The molecule has 2 aromatic carbocycles. The molecule has 0 bridgehead atoms. The van der Waals surface area contributed by atoms with Gasteiger partial charge >= 0.3 is 0 Å². The topological polar surface area (TPSA) is 85.0 Å². The molecule has 0 fully saturated rings. The molecule has 108 valence electrons. The second-order valence-electron chi connectivity index (χ2n) is 4.34. The third-order valence-electron chi connectivity index (χ3n) is 3.09. The fourth-order valence-corrected chi connectivity index (χ4v) is 2.00. The number of oxime groups is 1. The van der Waals surface area contributed by atoms with Crippen molar-refractivity contribution in [1.82, 2.24) is 0 Å². The van der Waals surface area contributed by atoms with Gasteiger partial charge in [-0.05, 0) is 29.8 Å². The number of nitro benzene ring substituents is 1. The first-order valence-corrected chi connectivity index (χ1v) is 6.23. The molecule has 2 aromatic rings. The number of rotatable bonds is 5. The minimum Gasteiger partial charge on any atom is -0.497 e. The van der Waals surface area contributed by atoms with Crippen molar-refractivity contribution in [2.75, 3.05) is 7.11 Å². The quantitative estimate of drug-likeness (QED) is 0.396. The molecule has 0 amide bonds. The molecule has 0 saturated carbocycles. The van der Waals surface area contributed by atoms with Gasteiger partial charge in [-0.2, -0.15) is 0 Å². The van der Waals surface area contributed by atoms with Gasteiger partial charge in [0.2, 0.25) is 0 Å². The molecule has 21 heavy (non-hydrogen) atoms. The summed E-state index contributed by atoms with van der Waals surface area (Å²) in [5.74, 6) is 0.682. The van der Waals surface area contributed by atoms with Gasteiger partial charge in [0.05, 0.1) is 17.7 Å². The van der Waals surface area contributed by atoms with E-state index in [0.717, 1.165) is 0 Å². The number of hydrogen-bond acceptors (Lipinski definition) is 5. The molecule has 0 aliphatic heterocycles. The van der Waals surface area contributed by atoms with E-state index in [0.29, 0.717) is 22.6 Å². The number of nitro groups is 1. The van der Waals surface area contributed by atoms with Crippen molar-refractivity contribution < 1.29 is 14.9 Å². The van der Waals surface area contributed by atoms with E-state index in [2.05, 4.69) is 5.16 Å². The Bertz CT molecular complexity index is 666. The summed E-state index contributed by atoms with van der Waals surface area (Å²) in [6.45, 7) is 0. The van der Waals surface area contributed by atoms with E-state index in [1.807, 2.05) is 0 Å². The third-order valence-corrected chi connectivity index (χ3v) is 3.09. The van der Waals surface area contributed by atoms with Crippen LogP contribution >= 0.6 is 0 Å². The lowest BCUT2D eigenvalue weighted by atomic mass is 10.0. The summed E-state index contributed by atoms with van der Waals surface area (Å²) in [4.78, 5) is 10.6. The van der Waals surface area contributed by atoms with Gasteiger partial charge in [-0.25, -0.2) is 0 Å². The Hall–Kier alpha value is -2.89. The van der Waals surface area contributed by atoms with Crippen LogP contribution in [0, 0.1) is 10.1 Å². The molecule has 0 aliphatic rings. The normalized spacial score (nSPS) is 11.2. The van der Waals surface area contributed by atoms with Crippen LogP contribution in [0.1, 0.15) is 11.1 Å². The fraction of sp³-hybridized carbons (Fsp3) is 0.133. The van der Waals surface area contributed by atoms with Crippen molar-refractivity contribution in [3.05, 3.63) is 69.8 Å². The van der Waals surface area contributed by atoms with E-state index in [1.165, 1.54) is 6.07 Å². The molecule has 0 unspecified atom stereocenters. The molecule has 0 aromatic heterocycles. The first-order chi connectivity index (χ1) is 10.2. The van der Waals surface area contributed by atoms with Crippen molar-refractivity contribution in [1.29, 1.82) is 0 Å². The highest BCUT2D eigenvalue weighted by Crippen LogP contribution is 2.21. The number of nitrogens with zero attached hydrogens (tertiary/aromatic N) is 2. The predicted molar refractivity (Wildman–Crippen MR) is 78.1 cm³/mol. The zero-order chi connectivity index (χ0) is 15.2. The third kappa shape index (κ3) is 3.36. The van der Waals surface area contributed by atoms with Crippen molar-refractivity contribution in [3.8, 4) is 5.75 Å². The molecule has 0 radical (unpaired) electrons. The predicted octanol–water partition coefficient (Wildman–Crippen LogP) is 3.02. The largest absolute Gasteiger partial charge is 0.497 e. The van der Waals surface area contributed by atoms with Crippen LogP contribution in [-0.4, -0.2) is 23.0 Å². The molecule has 0 heterocycles. The Morgan fingerprint density at radius 3 is 2.48 bits per heavy atom. The zero-order valence-electron chi connectivity index (χ0n) is 11.4. The van der Waals surface area contributed by atoms with Crippen LogP contribution in [-0.2, 0) is 6.42 Å². The number of ether oxygens (including phenoxy) is 1. The summed E-state index contributed by atoms with van der Waals surface area (Å²) in [6.07, 6.45) is 0.167. The lowest BCUT2D eigenvalue weighted by Crippen LogP contribution is -2.07. The zero-order valence-corrected chi connectivity index (χ0v) is 11.4. The summed E-state index contributed by atoms with van der Waals surface area (Å²) in [6, 6.07) is 13.3. The number of hydrogen-bond donors (Lipinski definition) is 1. The van der Waals surface area contributed by atoms with E-state index >= 15 is 0 Å². The second kappa shape index (κ2) is 6.51. The Balaban J connectivity index is 2.29. The molecule has 0 aliphatic carbocycles. The van der Waals surface area contributed by atoms with Gasteiger partial charge in [0.15, 0.2) is 0 Å². The van der Waals surface area contributed by atoms with Crippen molar-refractivity contribution in [2.45, 2.75) is 6.42 Å². The SMILES string of the molecule is COc1ccc(/C(Cc2ccccc2[N+](=O)[O-])=N/O)cc1. The van der Waals surface area contributed by atoms with Gasteiger partial charge in [-0.15, -0.1) is 0 Å². The minimum atomic E-state index is -0.446. The van der Waals surface area contributed by atoms with Crippen LogP contribution in [0.4, 0.5) is 5.69 Å². The van der Waals surface area contributed by atoms with E-state index in [9.17, 15) is 15.3 Å². The lowest BCUT2D eigenvalue weighted by Gasteiger charge is -2.07.